The standard InChI is InChI=1S/C3H6N2O2S/c4-1-3(2-5)8(6)7/h1-5H,(H,6,7). The molecule has 1 unspecified atom stereocenters. The molecule has 8 heavy (non-hydrogen) atoms. The summed E-state index contributed by atoms with van der Waals surface area (Å²) in [6.07, 6.45) is 1.51. The van der Waals surface area contributed by atoms with Crippen LogP contribution in [0.15, 0.2) is 0 Å². The topological polar surface area (TPSA) is 85.0 Å². The van der Waals surface area contributed by atoms with Crippen molar-refractivity contribution in [3.8, 4) is 0 Å². The molecule has 0 heterocycles. The molecule has 0 saturated heterocycles. The summed E-state index contributed by atoms with van der Waals surface area (Å²) in [5.41, 5.74) is 0. The average Bonchev–Trinajstić information content (AvgIpc) is 1.69. The Hall–Kier alpha value is -0.550. The van der Waals surface area contributed by atoms with E-state index in [4.69, 9.17) is 15.4 Å². The highest BCUT2D eigenvalue weighted by Crippen LogP contribution is 1.81. The maximum absolute atomic E-state index is 9.97. The lowest BCUT2D eigenvalue weighted by atomic mass is 10.5. The normalized spacial score (nSPS) is 16.6. The maximum Gasteiger partial charge on any atom is 0.167 e. The number of rotatable bonds is 3. The van der Waals surface area contributed by atoms with Gasteiger partial charge in [-0.2, -0.15) is 0 Å². The molecule has 0 aliphatic heterocycles. The van der Waals surface area contributed by atoms with Gasteiger partial charge in [0.15, 0.2) is 11.1 Å². The zero-order chi connectivity index (χ0) is 6.57. The molecular formula is C3H6N2O2S. The molecule has 0 aliphatic carbocycles. The summed E-state index contributed by atoms with van der Waals surface area (Å²) >= 11 is -2.09. The molecule has 0 rings (SSSR count). The van der Waals surface area contributed by atoms with Gasteiger partial charge in [-0.15, -0.1) is 0 Å². The van der Waals surface area contributed by atoms with E-state index < -0.39 is 16.3 Å². The summed E-state index contributed by atoms with van der Waals surface area (Å²) in [6, 6.07) is 0. The van der Waals surface area contributed by atoms with Crippen molar-refractivity contribution in [2.45, 2.75) is 5.25 Å². The zero-order valence-corrected chi connectivity index (χ0v) is 4.81. The fraction of sp³-hybridized carbons (Fsp3) is 0.333. The number of hydrogen-bond acceptors (Lipinski definition) is 3. The molecule has 3 N–H and O–H groups in total. The third-order valence-electron chi connectivity index (χ3n) is 0.561. The van der Waals surface area contributed by atoms with Gasteiger partial charge < -0.3 is 15.4 Å². The van der Waals surface area contributed by atoms with Gasteiger partial charge in [0.05, 0.1) is 0 Å². The Morgan fingerprint density at radius 1 is 1.50 bits per heavy atom. The van der Waals surface area contributed by atoms with Crippen molar-refractivity contribution in [3.63, 3.8) is 0 Å². The van der Waals surface area contributed by atoms with E-state index in [1.54, 1.807) is 0 Å². The minimum atomic E-state index is -2.09. The van der Waals surface area contributed by atoms with Crippen LogP contribution >= 0.6 is 0 Å². The molecule has 0 aromatic carbocycles. The Kier molecular flexibility index (Phi) is 3.21. The van der Waals surface area contributed by atoms with Crippen molar-refractivity contribution >= 4 is 23.5 Å². The van der Waals surface area contributed by atoms with Crippen molar-refractivity contribution in [1.82, 2.24) is 0 Å². The second kappa shape index (κ2) is 3.45. The van der Waals surface area contributed by atoms with Gasteiger partial charge in [0, 0.05) is 12.4 Å². The average molecular weight is 134 g/mol. The predicted octanol–water partition coefficient (Wildman–Crippen LogP) is -0.124. The van der Waals surface area contributed by atoms with E-state index in [0.717, 1.165) is 12.4 Å². The quantitative estimate of drug-likeness (QED) is 0.371. The first-order valence-corrected chi connectivity index (χ1v) is 3.00. The molecule has 0 aromatic heterocycles. The minimum absolute atomic E-state index is 0.753. The predicted molar refractivity (Wildman–Crippen MR) is 32.1 cm³/mol. The van der Waals surface area contributed by atoms with Gasteiger partial charge in [0.1, 0.15) is 5.25 Å². The van der Waals surface area contributed by atoms with Gasteiger partial charge in [-0.25, -0.2) is 4.21 Å². The van der Waals surface area contributed by atoms with Crippen LogP contribution in [0.3, 0.4) is 0 Å². The van der Waals surface area contributed by atoms with Gasteiger partial charge >= 0.3 is 0 Å². The Bertz CT molecular complexity index is 116. The van der Waals surface area contributed by atoms with Crippen LogP contribution < -0.4 is 0 Å². The van der Waals surface area contributed by atoms with Crippen molar-refractivity contribution in [2.24, 2.45) is 0 Å². The molecule has 0 bridgehead atoms. The second-order valence-corrected chi connectivity index (χ2v) is 2.17. The summed E-state index contributed by atoms with van der Waals surface area (Å²) in [6.45, 7) is 0. The summed E-state index contributed by atoms with van der Waals surface area (Å²) in [4.78, 5) is 0. The van der Waals surface area contributed by atoms with Crippen LogP contribution in [-0.2, 0) is 11.1 Å². The molecule has 5 heteroatoms. The van der Waals surface area contributed by atoms with E-state index in [0.29, 0.717) is 0 Å². The highest BCUT2D eigenvalue weighted by atomic mass is 32.2. The largest absolute Gasteiger partial charge is 0.311 e. The molecule has 46 valence electrons. The Balaban J connectivity index is 3.88. The molecule has 0 amide bonds. The second-order valence-electron chi connectivity index (χ2n) is 1.07. The van der Waals surface area contributed by atoms with Crippen LogP contribution in [0.2, 0.25) is 0 Å². The van der Waals surface area contributed by atoms with E-state index in [-0.39, 0.29) is 0 Å². The third kappa shape index (κ3) is 1.94. The van der Waals surface area contributed by atoms with E-state index >= 15 is 0 Å². The molecule has 0 radical (unpaired) electrons. The van der Waals surface area contributed by atoms with E-state index in [2.05, 4.69) is 0 Å². The van der Waals surface area contributed by atoms with Crippen LogP contribution in [0.4, 0.5) is 0 Å². The molecule has 0 spiro atoms. The molecule has 0 aromatic rings. The number of hydrogen-bond donors (Lipinski definition) is 3. The first-order chi connectivity index (χ1) is 3.72. The van der Waals surface area contributed by atoms with Gasteiger partial charge in [0.25, 0.3) is 0 Å². The lowest BCUT2D eigenvalue weighted by Crippen LogP contribution is -2.16. The van der Waals surface area contributed by atoms with Crippen LogP contribution in [0.1, 0.15) is 0 Å². The first-order valence-electron chi connectivity index (χ1n) is 1.83. The lowest BCUT2D eigenvalue weighted by Gasteiger charge is -1.93. The fourth-order valence-corrected chi connectivity index (χ4v) is 0.397. The van der Waals surface area contributed by atoms with Crippen LogP contribution in [-0.4, -0.2) is 26.4 Å². The fourth-order valence-electron chi connectivity index (χ4n) is 0.165. The summed E-state index contributed by atoms with van der Waals surface area (Å²) in [7, 11) is 0. The minimum Gasteiger partial charge on any atom is -0.311 e. The van der Waals surface area contributed by atoms with Gasteiger partial charge in [0.2, 0.25) is 0 Å². The van der Waals surface area contributed by atoms with Crippen LogP contribution in [0.25, 0.3) is 0 Å². The van der Waals surface area contributed by atoms with Crippen molar-refractivity contribution in [2.75, 3.05) is 0 Å². The Labute approximate surface area is 49.2 Å². The SMILES string of the molecule is N=CC(C=N)S(=O)O. The van der Waals surface area contributed by atoms with Crippen LogP contribution in [0, 0.1) is 10.8 Å². The lowest BCUT2D eigenvalue weighted by molar-refractivity contribution is 0.566. The molecule has 0 saturated carbocycles. The van der Waals surface area contributed by atoms with Gasteiger partial charge in [-0.1, -0.05) is 0 Å². The van der Waals surface area contributed by atoms with Gasteiger partial charge in [-0.05, 0) is 0 Å². The van der Waals surface area contributed by atoms with Crippen LogP contribution in [0.5, 0.6) is 0 Å². The van der Waals surface area contributed by atoms with E-state index in [1.165, 1.54) is 0 Å². The summed E-state index contributed by atoms with van der Waals surface area (Å²) in [5.74, 6) is 0. The molecule has 0 fully saturated rings. The molecular weight excluding hydrogens is 128 g/mol. The smallest absolute Gasteiger partial charge is 0.167 e. The highest BCUT2D eigenvalue weighted by molar-refractivity contribution is 7.81. The zero-order valence-electron chi connectivity index (χ0n) is 4.00. The molecule has 4 nitrogen and oxygen atoms in total. The highest BCUT2D eigenvalue weighted by Gasteiger charge is 2.05. The summed E-state index contributed by atoms with van der Waals surface area (Å²) < 4.78 is 18.2. The molecule has 1 atom stereocenters. The van der Waals surface area contributed by atoms with Gasteiger partial charge in [-0.3, -0.25) is 0 Å². The van der Waals surface area contributed by atoms with E-state index in [9.17, 15) is 4.21 Å². The van der Waals surface area contributed by atoms with E-state index in [1.807, 2.05) is 0 Å². The monoisotopic (exact) mass is 134 g/mol. The Morgan fingerprint density at radius 3 is 1.88 bits per heavy atom. The van der Waals surface area contributed by atoms with Crippen molar-refractivity contribution in [1.29, 1.82) is 10.8 Å². The number of nitrogens with one attached hydrogen (secondary N) is 2. The third-order valence-corrected chi connectivity index (χ3v) is 1.30. The Morgan fingerprint density at radius 2 is 1.88 bits per heavy atom. The maximum atomic E-state index is 9.97. The first kappa shape index (κ1) is 7.45. The molecule has 0 aliphatic rings. The van der Waals surface area contributed by atoms with Crippen molar-refractivity contribution in [3.05, 3.63) is 0 Å². The summed E-state index contributed by atoms with van der Waals surface area (Å²) in [5, 5.41) is 12.0. The van der Waals surface area contributed by atoms with Crippen molar-refractivity contribution < 1.29 is 8.76 Å².